The number of ether oxygens (including phenoxy) is 1. The van der Waals surface area contributed by atoms with Crippen molar-refractivity contribution < 1.29 is 52.7 Å². The highest BCUT2D eigenvalue weighted by Crippen LogP contribution is 2.26. The van der Waals surface area contributed by atoms with E-state index in [-0.39, 0.29) is 5.96 Å². The van der Waals surface area contributed by atoms with Gasteiger partial charge in [0.2, 0.25) is 11.7 Å². The van der Waals surface area contributed by atoms with E-state index in [0.717, 1.165) is 6.08 Å². The van der Waals surface area contributed by atoms with Crippen LogP contribution in [-0.4, -0.2) is 87.3 Å². The largest absolute Gasteiger partial charge is 0.490 e. The molecule has 15 nitrogen and oxygen atoms in total. The molecule has 0 radical (unpaired) electrons. The highest BCUT2D eigenvalue weighted by Gasteiger charge is 2.44. The standard InChI is InChI=1S/C12H19N7O6.C2HF3O2/c1-4(21)16-8-5(17-12(13)14)2-7(11(23)24)25-10(8)9(18-19-15)6(22)3-20;3-2(4,5)1(6)7/h2,5-6,8-10,20,22H,3H2,1H3,(H,16,21)(H,23,24)(H4,13,14,17);(H,6,7)/t5-,6+,8+,9+,10+;/m0./s1. The molecule has 0 saturated heterocycles. The summed E-state index contributed by atoms with van der Waals surface area (Å²) >= 11 is 0. The Kier molecular flexibility index (Phi) is 10.7. The van der Waals surface area contributed by atoms with E-state index in [9.17, 15) is 33.0 Å². The molecule has 0 spiro atoms. The third-order valence-electron chi connectivity index (χ3n) is 3.53. The summed E-state index contributed by atoms with van der Waals surface area (Å²) in [6.45, 7) is 0.389. The monoisotopic (exact) mass is 471 g/mol. The Hall–Kier alpha value is -3.76. The maximum absolute atomic E-state index is 11.5. The average molecular weight is 471 g/mol. The van der Waals surface area contributed by atoms with Crippen LogP contribution in [0.1, 0.15) is 6.92 Å². The molecule has 18 heteroatoms. The maximum atomic E-state index is 11.5. The Labute approximate surface area is 176 Å². The van der Waals surface area contributed by atoms with Gasteiger partial charge in [-0.15, -0.1) is 0 Å². The van der Waals surface area contributed by atoms with E-state index in [2.05, 4.69) is 20.3 Å². The van der Waals surface area contributed by atoms with Gasteiger partial charge in [0.15, 0.2) is 5.96 Å². The van der Waals surface area contributed by atoms with Gasteiger partial charge in [-0.2, -0.15) is 13.2 Å². The van der Waals surface area contributed by atoms with E-state index >= 15 is 0 Å². The number of hydrogen-bond acceptors (Lipinski definition) is 8. The van der Waals surface area contributed by atoms with Gasteiger partial charge in [0, 0.05) is 11.8 Å². The van der Waals surface area contributed by atoms with Crippen molar-refractivity contribution in [3.05, 3.63) is 22.3 Å². The number of carbonyl (C=O) groups excluding carboxylic acids is 1. The second kappa shape index (κ2) is 12.2. The fourth-order valence-corrected chi connectivity index (χ4v) is 2.34. The number of carboxylic acids is 2. The van der Waals surface area contributed by atoms with Crippen LogP contribution in [0, 0.1) is 0 Å². The van der Waals surface area contributed by atoms with Gasteiger partial charge < -0.3 is 41.9 Å². The summed E-state index contributed by atoms with van der Waals surface area (Å²) in [6, 6.07) is -3.56. The fraction of sp³-hybridized carbons (Fsp3) is 0.571. The minimum atomic E-state index is -5.08. The second-order valence-electron chi connectivity index (χ2n) is 5.94. The summed E-state index contributed by atoms with van der Waals surface area (Å²) < 4.78 is 37.0. The molecule has 0 aromatic carbocycles. The number of aliphatic hydroxyl groups excluding tert-OH is 2. The molecule has 1 rings (SSSR count). The van der Waals surface area contributed by atoms with Crippen molar-refractivity contribution in [2.45, 2.75) is 43.4 Å². The number of hydrogen-bond donors (Lipinski definition) is 7. The number of carboxylic acid groups (broad SMARTS) is 2. The Morgan fingerprint density at radius 2 is 1.88 bits per heavy atom. The number of azide groups is 1. The summed E-state index contributed by atoms with van der Waals surface area (Å²) in [5.74, 6) is -5.69. The van der Waals surface area contributed by atoms with Crippen LogP contribution in [0.5, 0.6) is 0 Å². The van der Waals surface area contributed by atoms with E-state index in [1.54, 1.807) is 0 Å². The number of alkyl halides is 3. The fourth-order valence-electron chi connectivity index (χ4n) is 2.34. The molecule has 0 aromatic rings. The summed E-state index contributed by atoms with van der Waals surface area (Å²) in [7, 11) is 0. The number of nitrogens with two attached hydrogens (primary N) is 2. The molecule has 0 bridgehead atoms. The molecule has 0 saturated carbocycles. The van der Waals surface area contributed by atoms with Gasteiger partial charge in [0.05, 0.1) is 24.8 Å². The molecule has 1 aliphatic rings. The Bertz CT molecular complexity index is 809. The van der Waals surface area contributed by atoms with E-state index < -0.39 is 66.7 Å². The second-order valence-corrected chi connectivity index (χ2v) is 5.94. The minimum Gasteiger partial charge on any atom is -0.481 e. The number of rotatable bonds is 7. The molecular weight excluding hydrogens is 451 g/mol. The lowest BCUT2D eigenvalue weighted by atomic mass is 9.91. The number of carbonyl (C=O) groups is 3. The van der Waals surface area contributed by atoms with Crippen LogP contribution < -0.4 is 16.8 Å². The van der Waals surface area contributed by atoms with Crippen molar-refractivity contribution >= 4 is 23.8 Å². The first-order valence-electron chi connectivity index (χ1n) is 8.26. The maximum Gasteiger partial charge on any atom is 0.490 e. The van der Waals surface area contributed by atoms with Gasteiger partial charge in [0.1, 0.15) is 12.1 Å². The van der Waals surface area contributed by atoms with Gasteiger partial charge in [-0.25, -0.2) is 14.6 Å². The van der Waals surface area contributed by atoms with Gasteiger partial charge in [-0.05, 0) is 11.6 Å². The van der Waals surface area contributed by atoms with E-state index in [4.69, 9.17) is 36.7 Å². The van der Waals surface area contributed by atoms with Gasteiger partial charge in [0.25, 0.3) is 0 Å². The number of nitrogens with one attached hydrogen (secondary N) is 1. The number of nitrogens with zero attached hydrogens (tertiary/aromatic N) is 4. The van der Waals surface area contributed by atoms with Gasteiger partial charge in [-0.3, -0.25) is 4.79 Å². The zero-order valence-corrected chi connectivity index (χ0v) is 16.2. The molecule has 1 amide bonds. The first-order chi connectivity index (χ1) is 14.6. The average Bonchev–Trinajstić information content (AvgIpc) is 2.65. The highest BCUT2D eigenvalue weighted by molar-refractivity contribution is 5.85. The molecule has 0 aliphatic carbocycles. The van der Waals surface area contributed by atoms with E-state index in [0.29, 0.717) is 0 Å². The number of aliphatic carboxylic acids is 2. The summed E-state index contributed by atoms with van der Waals surface area (Å²) in [5, 5.41) is 41.1. The van der Waals surface area contributed by atoms with Crippen LogP contribution in [0.2, 0.25) is 0 Å². The number of aliphatic imine (C=N–C) groups is 1. The van der Waals surface area contributed by atoms with Crippen molar-refractivity contribution in [3.63, 3.8) is 0 Å². The van der Waals surface area contributed by atoms with E-state index in [1.165, 1.54) is 6.92 Å². The molecule has 0 unspecified atom stereocenters. The molecule has 0 fully saturated rings. The molecule has 0 aromatic heterocycles. The van der Waals surface area contributed by atoms with Crippen LogP contribution in [0.4, 0.5) is 13.2 Å². The lowest BCUT2D eigenvalue weighted by Gasteiger charge is -2.38. The molecule has 5 atom stereocenters. The van der Waals surface area contributed by atoms with Crippen molar-refractivity contribution in [1.82, 2.24) is 5.32 Å². The number of guanidine groups is 1. The predicted octanol–water partition coefficient (Wildman–Crippen LogP) is -1.83. The van der Waals surface area contributed by atoms with Gasteiger partial charge >= 0.3 is 18.1 Å². The summed E-state index contributed by atoms with van der Waals surface area (Å²) in [6.07, 6.45) is -6.95. The lowest BCUT2D eigenvalue weighted by Crippen LogP contribution is -2.59. The molecule has 1 heterocycles. The predicted molar refractivity (Wildman–Crippen MR) is 97.5 cm³/mol. The smallest absolute Gasteiger partial charge is 0.481 e. The normalized spacial score (nSPS) is 21.7. The van der Waals surface area contributed by atoms with Crippen LogP contribution >= 0.6 is 0 Å². The SMILES string of the molecule is CC(=O)N[C@H]1[C@H]([C@H](N=[N+]=[N-])[C@H](O)CO)OC(C(=O)O)=C[C@@H]1N=C(N)N.O=C(O)C(F)(F)F. The minimum absolute atomic E-state index is 0.384. The molecule has 32 heavy (non-hydrogen) atoms. The third-order valence-corrected chi connectivity index (χ3v) is 3.53. The first kappa shape index (κ1) is 28.2. The Balaban J connectivity index is 0.00000118. The third kappa shape index (κ3) is 8.94. The highest BCUT2D eigenvalue weighted by atomic mass is 19.4. The van der Waals surface area contributed by atoms with Crippen molar-refractivity contribution in [2.24, 2.45) is 21.6 Å². The number of halogens is 3. The van der Waals surface area contributed by atoms with Crippen LogP contribution in [0.25, 0.3) is 10.4 Å². The quantitative estimate of drug-likeness (QED) is 0.0717. The Morgan fingerprint density at radius 3 is 2.22 bits per heavy atom. The Morgan fingerprint density at radius 1 is 1.34 bits per heavy atom. The molecule has 1 aliphatic heterocycles. The topological polar surface area (TPSA) is 267 Å². The number of aliphatic hydroxyl groups is 2. The molecule has 180 valence electrons. The lowest BCUT2D eigenvalue weighted by molar-refractivity contribution is -0.192. The van der Waals surface area contributed by atoms with Crippen LogP contribution in [-0.2, 0) is 19.1 Å². The van der Waals surface area contributed by atoms with Gasteiger partial charge in [-0.1, -0.05) is 5.11 Å². The zero-order valence-electron chi connectivity index (χ0n) is 16.2. The summed E-state index contributed by atoms with van der Waals surface area (Å²) in [5.41, 5.74) is 19.4. The zero-order chi connectivity index (χ0) is 25.2. The van der Waals surface area contributed by atoms with Crippen molar-refractivity contribution in [3.8, 4) is 0 Å². The van der Waals surface area contributed by atoms with E-state index in [1.807, 2.05) is 0 Å². The van der Waals surface area contributed by atoms with Crippen molar-refractivity contribution in [1.29, 1.82) is 0 Å². The number of amides is 1. The van der Waals surface area contributed by atoms with Crippen molar-refractivity contribution in [2.75, 3.05) is 6.61 Å². The molecule has 9 N–H and O–H groups in total. The first-order valence-corrected chi connectivity index (χ1v) is 8.26. The molecular formula is C14H20F3N7O8. The van der Waals surface area contributed by atoms with Crippen LogP contribution in [0.3, 0.4) is 0 Å². The summed E-state index contributed by atoms with van der Waals surface area (Å²) in [4.78, 5) is 38.1. The van der Waals surface area contributed by atoms with Crippen LogP contribution in [0.15, 0.2) is 21.9 Å².